The minimum absolute atomic E-state index is 0.155. The number of likely N-dealkylation sites (N-methyl/N-ethyl adjacent to an activating group) is 1. The molecule has 0 spiro atoms. The van der Waals surface area contributed by atoms with Gasteiger partial charge >= 0.3 is 5.97 Å². The fourth-order valence-corrected chi connectivity index (χ4v) is 1.74. The highest BCUT2D eigenvalue weighted by atomic mass is 79.9. The number of rotatable bonds is 3. The van der Waals surface area contributed by atoms with Crippen LogP contribution >= 0.6 is 15.9 Å². The molecule has 1 N–H and O–H groups in total. The van der Waals surface area contributed by atoms with E-state index >= 15 is 0 Å². The molecule has 0 saturated carbocycles. The lowest BCUT2D eigenvalue weighted by molar-refractivity contribution is -0.142. The van der Waals surface area contributed by atoms with E-state index < -0.39 is 17.8 Å². The highest BCUT2D eigenvalue weighted by molar-refractivity contribution is 9.10. The third-order valence-corrected chi connectivity index (χ3v) is 2.50. The van der Waals surface area contributed by atoms with E-state index in [4.69, 9.17) is 5.11 Å². The summed E-state index contributed by atoms with van der Waals surface area (Å²) in [6.45, 7) is 0. The van der Waals surface area contributed by atoms with Crippen molar-refractivity contribution in [1.82, 2.24) is 4.90 Å². The molecule has 15 heavy (non-hydrogen) atoms. The Morgan fingerprint density at radius 1 is 1.53 bits per heavy atom. The van der Waals surface area contributed by atoms with Crippen LogP contribution in [-0.2, 0) is 4.79 Å². The molecule has 0 aliphatic carbocycles. The van der Waals surface area contributed by atoms with Crippen LogP contribution in [0.5, 0.6) is 0 Å². The zero-order chi connectivity index (χ0) is 11.6. The van der Waals surface area contributed by atoms with Gasteiger partial charge in [-0.1, -0.05) is 15.9 Å². The smallest absolute Gasteiger partial charge is 0.325 e. The van der Waals surface area contributed by atoms with Crippen LogP contribution in [0, 0.1) is 5.82 Å². The van der Waals surface area contributed by atoms with E-state index in [1.54, 1.807) is 14.1 Å². The highest BCUT2D eigenvalue weighted by Gasteiger charge is 2.25. The zero-order valence-corrected chi connectivity index (χ0v) is 9.95. The average molecular weight is 276 g/mol. The molecule has 1 atom stereocenters. The Morgan fingerprint density at radius 3 is 2.60 bits per heavy atom. The first kappa shape index (κ1) is 12.1. The van der Waals surface area contributed by atoms with Crippen LogP contribution in [0.4, 0.5) is 4.39 Å². The maximum atomic E-state index is 13.4. The molecule has 0 radical (unpaired) electrons. The van der Waals surface area contributed by atoms with Crippen LogP contribution in [0.25, 0.3) is 0 Å². The van der Waals surface area contributed by atoms with E-state index in [1.165, 1.54) is 23.1 Å². The Balaban J connectivity index is 3.22. The highest BCUT2D eigenvalue weighted by Crippen LogP contribution is 2.24. The van der Waals surface area contributed by atoms with Crippen LogP contribution in [0.3, 0.4) is 0 Å². The van der Waals surface area contributed by atoms with Gasteiger partial charge in [-0.3, -0.25) is 9.69 Å². The van der Waals surface area contributed by atoms with E-state index in [-0.39, 0.29) is 5.56 Å². The number of hydrogen-bond donors (Lipinski definition) is 1. The Labute approximate surface area is 95.6 Å². The summed E-state index contributed by atoms with van der Waals surface area (Å²) in [4.78, 5) is 12.4. The number of carboxylic acids is 1. The van der Waals surface area contributed by atoms with Gasteiger partial charge in [0.05, 0.1) is 0 Å². The molecule has 0 unspecified atom stereocenters. The van der Waals surface area contributed by atoms with Gasteiger partial charge in [0.15, 0.2) is 0 Å². The van der Waals surface area contributed by atoms with Crippen molar-refractivity contribution in [3.63, 3.8) is 0 Å². The lowest BCUT2D eigenvalue weighted by atomic mass is 10.1. The van der Waals surface area contributed by atoms with Crippen molar-refractivity contribution in [2.24, 2.45) is 0 Å². The first-order valence-corrected chi connectivity index (χ1v) is 5.07. The van der Waals surface area contributed by atoms with Crippen molar-refractivity contribution in [2.75, 3.05) is 14.1 Å². The van der Waals surface area contributed by atoms with Gasteiger partial charge in [-0.15, -0.1) is 0 Å². The maximum absolute atomic E-state index is 13.4. The molecule has 5 heteroatoms. The zero-order valence-electron chi connectivity index (χ0n) is 8.37. The summed E-state index contributed by atoms with van der Waals surface area (Å²) in [5.74, 6) is -1.59. The Hall–Kier alpha value is -0.940. The molecule has 1 aromatic rings. The number of aliphatic carboxylic acids is 1. The Bertz CT molecular complexity index is 382. The van der Waals surface area contributed by atoms with Crippen molar-refractivity contribution < 1.29 is 14.3 Å². The van der Waals surface area contributed by atoms with E-state index in [2.05, 4.69) is 15.9 Å². The van der Waals surface area contributed by atoms with E-state index in [0.29, 0.717) is 4.47 Å². The van der Waals surface area contributed by atoms with Gasteiger partial charge in [-0.25, -0.2) is 4.39 Å². The Kier molecular flexibility index (Phi) is 3.82. The maximum Gasteiger partial charge on any atom is 0.325 e. The molecule has 1 rings (SSSR count). The summed E-state index contributed by atoms with van der Waals surface area (Å²) in [7, 11) is 3.19. The summed E-state index contributed by atoms with van der Waals surface area (Å²) >= 11 is 3.18. The minimum atomic E-state index is -1.07. The topological polar surface area (TPSA) is 40.5 Å². The summed E-state index contributed by atoms with van der Waals surface area (Å²) in [6, 6.07) is 3.29. The van der Waals surface area contributed by atoms with Crippen LogP contribution in [-0.4, -0.2) is 30.1 Å². The van der Waals surface area contributed by atoms with Gasteiger partial charge in [-0.05, 0) is 32.3 Å². The van der Waals surface area contributed by atoms with E-state index in [0.717, 1.165) is 0 Å². The van der Waals surface area contributed by atoms with Gasteiger partial charge in [-0.2, -0.15) is 0 Å². The normalized spacial score (nSPS) is 12.9. The SMILES string of the molecule is CN(C)[C@H](C(=O)O)c1cc(Br)ccc1F. The second-order valence-electron chi connectivity index (χ2n) is 3.37. The lowest BCUT2D eigenvalue weighted by Crippen LogP contribution is -2.28. The second-order valence-corrected chi connectivity index (χ2v) is 4.29. The second kappa shape index (κ2) is 4.72. The molecule has 3 nitrogen and oxygen atoms in total. The van der Waals surface area contributed by atoms with E-state index in [1.807, 2.05) is 0 Å². The van der Waals surface area contributed by atoms with Crippen LogP contribution < -0.4 is 0 Å². The first-order valence-electron chi connectivity index (χ1n) is 4.27. The van der Waals surface area contributed by atoms with Crippen LogP contribution in [0.15, 0.2) is 22.7 Å². The quantitative estimate of drug-likeness (QED) is 0.920. The van der Waals surface area contributed by atoms with E-state index in [9.17, 15) is 9.18 Å². The average Bonchev–Trinajstić information content (AvgIpc) is 2.10. The molecule has 0 aliphatic heterocycles. The number of benzene rings is 1. The number of carbonyl (C=O) groups is 1. The lowest BCUT2D eigenvalue weighted by Gasteiger charge is -2.20. The standard InChI is InChI=1S/C10H11BrFNO2/c1-13(2)9(10(14)15)7-5-6(11)3-4-8(7)12/h3-5,9H,1-2H3,(H,14,15)/t9-/m0/s1. The predicted octanol–water partition coefficient (Wildman–Crippen LogP) is 2.28. The van der Waals surface area contributed by atoms with Crippen molar-refractivity contribution in [2.45, 2.75) is 6.04 Å². The van der Waals surface area contributed by atoms with Gasteiger partial charge < -0.3 is 5.11 Å². The van der Waals surface area contributed by atoms with Crippen molar-refractivity contribution in [1.29, 1.82) is 0 Å². The van der Waals surface area contributed by atoms with Crippen molar-refractivity contribution in [3.05, 3.63) is 34.1 Å². The van der Waals surface area contributed by atoms with Crippen molar-refractivity contribution in [3.8, 4) is 0 Å². The number of halogens is 2. The first-order chi connectivity index (χ1) is 6.93. The van der Waals surface area contributed by atoms with Gasteiger partial charge in [0.2, 0.25) is 0 Å². The number of hydrogen-bond acceptors (Lipinski definition) is 2. The van der Waals surface area contributed by atoms with Gasteiger partial charge in [0.1, 0.15) is 11.9 Å². The molecule has 0 amide bonds. The van der Waals surface area contributed by atoms with Crippen LogP contribution in [0.2, 0.25) is 0 Å². The molecule has 0 bridgehead atoms. The number of nitrogens with zero attached hydrogens (tertiary/aromatic N) is 1. The summed E-state index contributed by atoms with van der Waals surface area (Å²) in [6.07, 6.45) is 0. The van der Waals surface area contributed by atoms with Gasteiger partial charge in [0.25, 0.3) is 0 Å². The molecule has 1 aromatic carbocycles. The fraction of sp³-hybridized carbons (Fsp3) is 0.300. The summed E-state index contributed by atoms with van der Waals surface area (Å²) < 4.78 is 14.1. The minimum Gasteiger partial charge on any atom is -0.480 e. The molecule has 0 heterocycles. The molecule has 0 aliphatic rings. The molecule has 82 valence electrons. The largest absolute Gasteiger partial charge is 0.480 e. The molecule has 0 fully saturated rings. The molecular formula is C10H11BrFNO2. The number of carboxylic acid groups (broad SMARTS) is 1. The molecular weight excluding hydrogens is 265 g/mol. The fourth-order valence-electron chi connectivity index (χ4n) is 1.36. The monoisotopic (exact) mass is 275 g/mol. The van der Waals surface area contributed by atoms with Gasteiger partial charge in [0, 0.05) is 10.0 Å². The molecule has 0 saturated heterocycles. The third kappa shape index (κ3) is 2.76. The third-order valence-electron chi connectivity index (χ3n) is 2.00. The predicted molar refractivity (Wildman–Crippen MR) is 58.2 cm³/mol. The summed E-state index contributed by atoms with van der Waals surface area (Å²) in [5, 5.41) is 8.99. The molecule has 0 aromatic heterocycles. The Morgan fingerprint density at radius 2 is 2.13 bits per heavy atom. The van der Waals surface area contributed by atoms with Crippen molar-refractivity contribution >= 4 is 21.9 Å². The van der Waals surface area contributed by atoms with Crippen LogP contribution in [0.1, 0.15) is 11.6 Å². The summed E-state index contributed by atoms with van der Waals surface area (Å²) in [5.41, 5.74) is 0.155.